The Labute approximate surface area is 164 Å². The topological polar surface area (TPSA) is 83.1 Å². The minimum atomic E-state index is -0.625. The zero-order valence-electron chi connectivity index (χ0n) is 16.3. The maximum absolute atomic E-state index is 12.0. The highest BCUT2D eigenvalue weighted by atomic mass is 16.6. The number of para-hydroxylation sites is 1. The van der Waals surface area contributed by atoms with Gasteiger partial charge in [0.15, 0.2) is 24.7 Å². The fraction of sp³-hybridized carbons (Fsp3) is 0.333. The Bertz CT molecular complexity index is 805. The molecule has 1 N–H and O–H groups in total. The molecule has 0 aliphatic heterocycles. The number of rotatable bonds is 10. The monoisotopic (exact) mass is 387 g/mol. The van der Waals surface area contributed by atoms with Crippen LogP contribution in [0.15, 0.2) is 42.5 Å². The van der Waals surface area contributed by atoms with Crippen molar-refractivity contribution in [2.24, 2.45) is 0 Å². The van der Waals surface area contributed by atoms with Crippen LogP contribution in [0.3, 0.4) is 0 Å². The van der Waals surface area contributed by atoms with Crippen LogP contribution in [0, 0.1) is 6.92 Å². The number of carbonyl (C=O) groups is 2. The van der Waals surface area contributed by atoms with E-state index in [1.54, 1.807) is 24.3 Å². The number of ether oxygens (including phenoxy) is 4. The first-order valence-corrected chi connectivity index (χ1v) is 9.07. The second-order valence-corrected chi connectivity index (χ2v) is 5.79. The maximum atomic E-state index is 12.0. The maximum Gasteiger partial charge on any atom is 0.344 e. The zero-order chi connectivity index (χ0) is 20.4. The third kappa shape index (κ3) is 6.50. The lowest BCUT2D eigenvalue weighted by Crippen LogP contribution is -2.23. The molecule has 150 valence electrons. The molecule has 0 bridgehead atoms. The van der Waals surface area contributed by atoms with Crippen molar-refractivity contribution in [2.75, 3.05) is 31.7 Å². The van der Waals surface area contributed by atoms with Gasteiger partial charge in [-0.1, -0.05) is 18.2 Å². The first-order chi connectivity index (χ1) is 13.5. The van der Waals surface area contributed by atoms with Gasteiger partial charge in [0.25, 0.3) is 5.91 Å². The van der Waals surface area contributed by atoms with Crippen molar-refractivity contribution in [3.8, 4) is 17.2 Å². The lowest BCUT2D eigenvalue weighted by Gasteiger charge is -2.13. The average molecular weight is 387 g/mol. The number of hydrogen-bond donors (Lipinski definition) is 1. The summed E-state index contributed by atoms with van der Waals surface area (Å²) in [5, 5.41) is 2.66. The molecule has 2 rings (SSSR count). The lowest BCUT2D eigenvalue weighted by molar-refractivity contribution is -0.149. The van der Waals surface area contributed by atoms with Crippen LogP contribution in [0.4, 0.5) is 5.69 Å². The standard InChI is InChI=1S/C21H25NO6/c1-4-25-18-11-10-16(12-19(18)26-5-2)22-20(23)13-28-21(24)14-27-17-9-7-6-8-15(17)3/h6-12H,4-5,13-14H2,1-3H3,(H,22,23). The Kier molecular flexibility index (Phi) is 8.14. The predicted molar refractivity (Wildman–Crippen MR) is 105 cm³/mol. The van der Waals surface area contributed by atoms with Crippen LogP contribution in [0.2, 0.25) is 0 Å². The van der Waals surface area contributed by atoms with Gasteiger partial charge in [0.2, 0.25) is 0 Å². The first kappa shape index (κ1) is 21.1. The fourth-order valence-electron chi connectivity index (χ4n) is 2.37. The molecule has 0 heterocycles. The molecular weight excluding hydrogens is 362 g/mol. The van der Waals surface area contributed by atoms with Gasteiger partial charge in [-0.15, -0.1) is 0 Å². The molecule has 0 aliphatic carbocycles. The largest absolute Gasteiger partial charge is 0.490 e. The van der Waals surface area contributed by atoms with E-state index in [1.807, 2.05) is 39.0 Å². The molecule has 7 nitrogen and oxygen atoms in total. The van der Waals surface area contributed by atoms with Crippen molar-refractivity contribution < 1.29 is 28.5 Å². The van der Waals surface area contributed by atoms with Gasteiger partial charge in [-0.2, -0.15) is 0 Å². The first-order valence-electron chi connectivity index (χ1n) is 9.07. The summed E-state index contributed by atoms with van der Waals surface area (Å²) in [5.41, 5.74) is 1.43. The highest BCUT2D eigenvalue weighted by molar-refractivity contribution is 5.93. The van der Waals surface area contributed by atoms with Crippen molar-refractivity contribution in [3.05, 3.63) is 48.0 Å². The number of nitrogens with one attached hydrogen (secondary N) is 1. The fourth-order valence-corrected chi connectivity index (χ4v) is 2.37. The number of hydrogen-bond acceptors (Lipinski definition) is 6. The van der Waals surface area contributed by atoms with Gasteiger partial charge in [0.1, 0.15) is 5.75 Å². The van der Waals surface area contributed by atoms with E-state index in [2.05, 4.69) is 5.32 Å². The molecule has 0 aliphatic rings. The van der Waals surface area contributed by atoms with E-state index in [1.165, 1.54) is 0 Å². The Hall–Kier alpha value is -3.22. The third-order valence-electron chi connectivity index (χ3n) is 3.63. The summed E-state index contributed by atoms with van der Waals surface area (Å²) in [7, 11) is 0. The van der Waals surface area contributed by atoms with Gasteiger partial charge >= 0.3 is 5.97 Å². The van der Waals surface area contributed by atoms with Crippen molar-refractivity contribution >= 4 is 17.6 Å². The molecule has 0 spiro atoms. The summed E-state index contributed by atoms with van der Waals surface area (Å²) in [4.78, 5) is 23.8. The van der Waals surface area contributed by atoms with Crippen LogP contribution in [-0.2, 0) is 14.3 Å². The van der Waals surface area contributed by atoms with E-state index in [0.717, 1.165) is 5.56 Å². The van der Waals surface area contributed by atoms with Gasteiger partial charge < -0.3 is 24.3 Å². The molecule has 0 atom stereocenters. The van der Waals surface area contributed by atoms with E-state index in [4.69, 9.17) is 18.9 Å². The molecule has 0 unspecified atom stereocenters. The van der Waals surface area contributed by atoms with Crippen molar-refractivity contribution in [1.29, 1.82) is 0 Å². The minimum Gasteiger partial charge on any atom is -0.490 e. The normalized spacial score (nSPS) is 10.1. The van der Waals surface area contributed by atoms with E-state index in [9.17, 15) is 9.59 Å². The summed E-state index contributed by atoms with van der Waals surface area (Å²) >= 11 is 0. The summed E-state index contributed by atoms with van der Waals surface area (Å²) < 4.78 is 21.3. The molecule has 0 fully saturated rings. The minimum absolute atomic E-state index is 0.268. The molecule has 2 aromatic carbocycles. The number of amides is 1. The van der Waals surface area contributed by atoms with Crippen molar-refractivity contribution in [3.63, 3.8) is 0 Å². The van der Waals surface area contributed by atoms with E-state index < -0.39 is 18.5 Å². The quantitative estimate of drug-likeness (QED) is 0.630. The number of benzene rings is 2. The van der Waals surface area contributed by atoms with Crippen LogP contribution in [0.5, 0.6) is 17.2 Å². The molecular formula is C21H25NO6. The van der Waals surface area contributed by atoms with Crippen molar-refractivity contribution in [1.82, 2.24) is 0 Å². The Morgan fingerprint density at radius 1 is 0.857 bits per heavy atom. The Morgan fingerprint density at radius 3 is 2.29 bits per heavy atom. The van der Waals surface area contributed by atoms with Crippen LogP contribution in [0.25, 0.3) is 0 Å². The molecule has 0 saturated heterocycles. The molecule has 7 heteroatoms. The van der Waals surface area contributed by atoms with Crippen LogP contribution in [0.1, 0.15) is 19.4 Å². The van der Waals surface area contributed by atoms with E-state index in [-0.39, 0.29) is 6.61 Å². The third-order valence-corrected chi connectivity index (χ3v) is 3.63. The smallest absolute Gasteiger partial charge is 0.344 e. The van der Waals surface area contributed by atoms with Gasteiger partial charge in [0.05, 0.1) is 13.2 Å². The van der Waals surface area contributed by atoms with Gasteiger partial charge in [-0.3, -0.25) is 4.79 Å². The molecule has 28 heavy (non-hydrogen) atoms. The Balaban J connectivity index is 1.82. The second-order valence-electron chi connectivity index (χ2n) is 5.79. The molecule has 0 saturated carbocycles. The van der Waals surface area contributed by atoms with E-state index >= 15 is 0 Å². The molecule has 2 aromatic rings. The van der Waals surface area contributed by atoms with Crippen molar-refractivity contribution in [2.45, 2.75) is 20.8 Å². The van der Waals surface area contributed by atoms with Gasteiger partial charge in [0, 0.05) is 11.8 Å². The predicted octanol–water partition coefficient (Wildman–Crippen LogP) is 3.35. The molecule has 0 radical (unpaired) electrons. The summed E-state index contributed by atoms with van der Waals surface area (Å²) in [6.45, 7) is 5.91. The lowest BCUT2D eigenvalue weighted by atomic mass is 10.2. The van der Waals surface area contributed by atoms with E-state index in [0.29, 0.717) is 36.1 Å². The highest BCUT2D eigenvalue weighted by Crippen LogP contribution is 2.30. The number of carbonyl (C=O) groups excluding carboxylic acids is 2. The second kappa shape index (κ2) is 10.8. The average Bonchev–Trinajstić information content (AvgIpc) is 2.68. The zero-order valence-corrected chi connectivity index (χ0v) is 16.3. The van der Waals surface area contributed by atoms with Gasteiger partial charge in [-0.05, 0) is 44.5 Å². The van der Waals surface area contributed by atoms with Crippen LogP contribution < -0.4 is 19.5 Å². The number of aryl methyl sites for hydroxylation is 1. The summed E-state index contributed by atoms with van der Waals surface area (Å²) in [5.74, 6) is 0.644. The Morgan fingerprint density at radius 2 is 1.57 bits per heavy atom. The number of anilines is 1. The molecule has 1 amide bonds. The van der Waals surface area contributed by atoms with Crippen LogP contribution in [-0.4, -0.2) is 38.3 Å². The SMILES string of the molecule is CCOc1ccc(NC(=O)COC(=O)COc2ccccc2C)cc1OCC. The van der Waals surface area contributed by atoms with Crippen LogP contribution >= 0.6 is 0 Å². The molecule has 0 aromatic heterocycles. The summed E-state index contributed by atoms with van der Waals surface area (Å²) in [6, 6.07) is 12.4. The highest BCUT2D eigenvalue weighted by Gasteiger charge is 2.11. The number of esters is 1. The summed E-state index contributed by atoms with van der Waals surface area (Å²) in [6.07, 6.45) is 0. The van der Waals surface area contributed by atoms with Gasteiger partial charge in [-0.25, -0.2) is 4.79 Å².